The molecule has 0 aliphatic carbocycles. The lowest BCUT2D eigenvalue weighted by atomic mass is 9.83. The fourth-order valence-corrected chi connectivity index (χ4v) is 4.95. The number of ether oxygens (including phenoxy) is 1. The van der Waals surface area contributed by atoms with E-state index in [1.54, 1.807) is 11.2 Å². The van der Waals surface area contributed by atoms with Crippen LogP contribution in [0.3, 0.4) is 0 Å². The summed E-state index contributed by atoms with van der Waals surface area (Å²) in [6, 6.07) is 15.0. The molecule has 0 radical (unpaired) electrons. The van der Waals surface area contributed by atoms with E-state index in [1.807, 2.05) is 30.3 Å². The van der Waals surface area contributed by atoms with Crippen LogP contribution >= 0.6 is 11.8 Å². The minimum Gasteiger partial charge on any atom is -0.445 e. The van der Waals surface area contributed by atoms with E-state index in [2.05, 4.69) is 9.97 Å². The predicted molar refractivity (Wildman–Crippen MR) is 143 cm³/mol. The number of rotatable bonds is 9. The second-order valence-electron chi connectivity index (χ2n) is 9.44. The van der Waals surface area contributed by atoms with Gasteiger partial charge in [0, 0.05) is 37.2 Å². The second-order valence-corrected chi connectivity index (χ2v) is 10.2. The number of thioether (sulfide) groups is 1. The number of nitrogens with zero attached hydrogens (tertiary/aromatic N) is 3. The van der Waals surface area contributed by atoms with Crippen molar-refractivity contribution >= 4 is 29.4 Å². The summed E-state index contributed by atoms with van der Waals surface area (Å²) in [5.74, 6) is -2.30. The zero-order valence-corrected chi connectivity index (χ0v) is 22.6. The van der Waals surface area contributed by atoms with E-state index in [4.69, 9.17) is 4.74 Å². The van der Waals surface area contributed by atoms with Gasteiger partial charge in [0.15, 0.2) is 10.9 Å². The van der Waals surface area contributed by atoms with Gasteiger partial charge in [-0.05, 0) is 42.9 Å². The number of carbonyl (C=O) groups excluding carboxylic acids is 3. The van der Waals surface area contributed by atoms with Gasteiger partial charge < -0.3 is 9.64 Å². The molecular weight excluding hydrogens is 543 g/mol. The highest BCUT2D eigenvalue weighted by atomic mass is 32.2. The van der Waals surface area contributed by atoms with Gasteiger partial charge in [0.05, 0.1) is 17.2 Å². The van der Waals surface area contributed by atoms with Crippen molar-refractivity contribution in [3.05, 3.63) is 89.2 Å². The van der Waals surface area contributed by atoms with Crippen LogP contribution < -0.4 is 0 Å². The number of halogens is 3. The van der Waals surface area contributed by atoms with Crippen LogP contribution in [-0.2, 0) is 22.3 Å². The van der Waals surface area contributed by atoms with Crippen LogP contribution in [0.4, 0.5) is 18.0 Å². The van der Waals surface area contributed by atoms with E-state index in [0.29, 0.717) is 31.1 Å². The Kier molecular flexibility index (Phi) is 9.57. The Hall–Kier alpha value is -3.73. The summed E-state index contributed by atoms with van der Waals surface area (Å²) in [7, 11) is 0. The molecule has 1 aliphatic rings. The van der Waals surface area contributed by atoms with E-state index in [0.717, 1.165) is 17.7 Å². The van der Waals surface area contributed by atoms with Crippen LogP contribution in [0, 0.1) is 5.92 Å². The normalized spacial score (nSPS) is 14.9. The Labute approximate surface area is 234 Å². The molecule has 1 amide bonds. The van der Waals surface area contributed by atoms with Gasteiger partial charge in [0.2, 0.25) is 0 Å². The quantitative estimate of drug-likeness (QED) is 0.172. The summed E-state index contributed by atoms with van der Waals surface area (Å²) in [6.45, 7) is 0.787. The van der Waals surface area contributed by atoms with Gasteiger partial charge in [0.1, 0.15) is 12.4 Å². The maximum Gasteiger partial charge on any atom is 0.416 e. The average molecular weight is 572 g/mol. The number of aromatic nitrogens is 2. The Morgan fingerprint density at radius 3 is 2.45 bits per heavy atom. The van der Waals surface area contributed by atoms with E-state index in [9.17, 15) is 27.6 Å². The van der Waals surface area contributed by atoms with Crippen molar-refractivity contribution in [2.24, 2.45) is 5.92 Å². The van der Waals surface area contributed by atoms with Gasteiger partial charge in [-0.2, -0.15) is 13.2 Å². The lowest BCUT2D eigenvalue weighted by Crippen LogP contribution is -2.40. The SMILES string of the molecule is CSc1nccc(C(CC(=O)C2CCN(C(=O)OCc3ccccc3)CC2)C(=O)c2cccc(C(F)(F)F)c2)n1. The summed E-state index contributed by atoms with van der Waals surface area (Å²) < 4.78 is 45.3. The Morgan fingerprint density at radius 1 is 1.05 bits per heavy atom. The number of alkyl halides is 3. The number of piperidine rings is 1. The van der Waals surface area contributed by atoms with Crippen LogP contribution in [0.1, 0.15) is 52.4 Å². The van der Waals surface area contributed by atoms with Crippen molar-refractivity contribution in [2.45, 2.75) is 43.1 Å². The molecule has 1 fully saturated rings. The minimum absolute atomic E-state index is 0.145. The number of ketones is 2. The monoisotopic (exact) mass is 571 g/mol. The van der Waals surface area contributed by atoms with E-state index in [-0.39, 0.29) is 30.1 Å². The topological polar surface area (TPSA) is 89.5 Å². The van der Waals surface area contributed by atoms with Crippen molar-refractivity contribution in [1.82, 2.24) is 14.9 Å². The summed E-state index contributed by atoms with van der Waals surface area (Å²) in [6.07, 6.45) is -1.29. The molecule has 11 heteroatoms. The van der Waals surface area contributed by atoms with Gasteiger partial charge in [-0.15, -0.1) is 0 Å². The molecule has 7 nitrogen and oxygen atoms in total. The lowest BCUT2D eigenvalue weighted by Gasteiger charge is -2.31. The highest BCUT2D eigenvalue weighted by Crippen LogP contribution is 2.33. The second kappa shape index (κ2) is 13.1. The van der Waals surface area contributed by atoms with Crippen LogP contribution in [0.15, 0.2) is 72.0 Å². The summed E-state index contributed by atoms with van der Waals surface area (Å²) in [5, 5.41) is 0.383. The van der Waals surface area contributed by atoms with Crippen molar-refractivity contribution in [2.75, 3.05) is 19.3 Å². The molecule has 1 saturated heterocycles. The number of carbonyl (C=O) groups is 3. The molecular formula is C29H28F3N3O4S. The van der Waals surface area contributed by atoms with Crippen LogP contribution in [0.25, 0.3) is 0 Å². The molecule has 1 atom stereocenters. The smallest absolute Gasteiger partial charge is 0.416 e. The number of hydrogen-bond acceptors (Lipinski definition) is 7. The Bertz CT molecular complexity index is 1350. The summed E-state index contributed by atoms with van der Waals surface area (Å²) >= 11 is 1.25. The van der Waals surface area contributed by atoms with Crippen LogP contribution in [0.2, 0.25) is 0 Å². The van der Waals surface area contributed by atoms with Crippen LogP contribution in [-0.4, -0.2) is 51.9 Å². The number of likely N-dealkylation sites (tertiary alicyclic amines) is 1. The molecule has 1 aliphatic heterocycles. The van der Waals surface area contributed by atoms with Gasteiger partial charge in [-0.25, -0.2) is 14.8 Å². The zero-order valence-electron chi connectivity index (χ0n) is 21.8. The molecule has 2 heterocycles. The highest BCUT2D eigenvalue weighted by Gasteiger charge is 2.35. The third-order valence-electron chi connectivity index (χ3n) is 6.80. The molecule has 2 aromatic carbocycles. The first-order valence-corrected chi connectivity index (χ1v) is 13.9. The molecule has 40 heavy (non-hydrogen) atoms. The fourth-order valence-electron chi connectivity index (χ4n) is 4.59. The highest BCUT2D eigenvalue weighted by molar-refractivity contribution is 7.98. The standard InChI is InChI=1S/C29H28F3N3O4S/c1-40-27-33-13-10-24(34-27)23(26(37)21-8-5-9-22(16-21)29(30,31)32)17-25(36)20-11-14-35(15-12-20)28(38)39-18-19-6-3-2-4-7-19/h2-10,13,16,20,23H,11-12,14-15,17-18H2,1H3. The van der Waals surface area contributed by atoms with Gasteiger partial charge >= 0.3 is 12.3 Å². The molecule has 3 aromatic rings. The Balaban J connectivity index is 1.44. The number of benzene rings is 2. The summed E-state index contributed by atoms with van der Waals surface area (Å²) in [4.78, 5) is 49.4. The van der Waals surface area contributed by atoms with E-state index >= 15 is 0 Å². The first-order valence-electron chi connectivity index (χ1n) is 12.7. The van der Waals surface area contributed by atoms with Crippen molar-refractivity contribution < 1.29 is 32.3 Å². The molecule has 1 aromatic heterocycles. The first kappa shape index (κ1) is 29.3. The molecule has 0 saturated carbocycles. The third kappa shape index (κ3) is 7.47. The van der Waals surface area contributed by atoms with Gasteiger partial charge in [0.25, 0.3) is 0 Å². The largest absolute Gasteiger partial charge is 0.445 e. The van der Waals surface area contributed by atoms with Crippen molar-refractivity contribution in [3.63, 3.8) is 0 Å². The lowest BCUT2D eigenvalue weighted by molar-refractivity contribution is -0.137. The summed E-state index contributed by atoms with van der Waals surface area (Å²) in [5.41, 5.74) is 0.0548. The maximum atomic E-state index is 13.5. The van der Waals surface area contributed by atoms with Crippen molar-refractivity contribution in [1.29, 1.82) is 0 Å². The molecule has 4 rings (SSSR count). The molecule has 0 N–H and O–H groups in total. The zero-order chi connectivity index (χ0) is 28.7. The number of amides is 1. The molecule has 1 unspecified atom stereocenters. The molecule has 210 valence electrons. The Morgan fingerprint density at radius 2 is 1.77 bits per heavy atom. The molecule has 0 bridgehead atoms. The van der Waals surface area contributed by atoms with Gasteiger partial charge in [-0.3, -0.25) is 9.59 Å². The van der Waals surface area contributed by atoms with E-state index in [1.165, 1.54) is 36.2 Å². The third-order valence-corrected chi connectivity index (χ3v) is 7.37. The predicted octanol–water partition coefficient (Wildman–Crippen LogP) is 6.19. The number of Topliss-reactive ketones (excluding diaryl/α,β-unsaturated/α-hetero) is 2. The van der Waals surface area contributed by atoms with Crippen LogP contribution in [0.5, 0.6) is 0 Å². The number of hydrogen-bond donors (Lipinski definition) is 0. The van der Waals surface area contributed by atoms with Gasteiger partial charge in [-0.1, -0.05) is 54.2 Å². The minimum atomic E-state index is -4.61. The fraction of sp³-hybridized carbons (Fsp3) is 0.345. The average Bonchev–Trinajstić information content (AvgIpc) is 2.98. The first-order chi connectivity index (χ1) is 19.2. The molecule has 0 spiro atoms. The van der Waals surface area contributed by atoms with Crippen molar-refractivity contribution in [3.8, 4) is 0 Å². The maximum absolute atomic E-state index is 13.5. The van der Waals surface area contributed by atoms with E-state index < -0.39 is 35.5 Å².